The predicted octanol–water partition coefficient (Wildman–Crippen LogP) is 17.4. The van der Waals surface area contributed by atoms with Crippen LogP contribution in [-0.2, 0) is 0 Å². The number of hydrogen-bond donors (Lipinski definition) is 0. The summed E-state index contributed by atoms with van der Waals surface area (Å²) in [4.78, 5) is 0. The second-order valence-electron chi connectivity index (χ2n) is 15.8. The van der Waals surface area contributed by atoms with E-state index in [0.717, 1.165) is 75.6 Å². The second kappa shape index (κ2) is 19.7. The van der Waals surface area contributed by atoms with Crippen LogP contribution >= 0.6 is 0 Å². The zero-order valence-electron chi connectivity index (χ0n) is 35.4. The molecule has 0 N–H and O–H groups in total. The number of benzene rings is 5. The molecule has 62 heavy (non-hydrogen) atoms. The lowest BCUT2D eigenvalue weighted by Crippen LogP contribution is -1.99. The SMILES string of the molecule is C=C/C=C\C(=C)C(=C)/C=C\C(=C)c1cccc(-c2ccc(-c3ccccc3)cc2)ccc(C2=CC=C(C3=CC=CCC3)CC2)c2ccc(-c3ccc(-c4ccccc4)cc3)cc12. The topological polar surface area (TPSA) is 0 Å². The lowest BCUT2D eigenvalue weighted by atomic mass is 9.85. The van der Waals surface area contributed by atoms with Crippen LogP contribution in [0.5, 0.6) is 0 Å². The lowest BCUT2D eigenvalue weighted by molar-refractivity contribution is 0.905. The molecule has 0 saturated heterocycles. The molecule has 0 nitrogen and oxygen atoms in total. The van der Waals surface area contributed by atoms with Crippen LogP contribution in [0.3, 0.4) is 0 Å². The maximum Gasteiger partial charge on any atom is -0.00933 e. The number of rotatable bonds is 12. The first kappa shape index (κ1) is 41.2. The van der Waals surface area contributed by atoms with Crippen molar-refractivity contribution in [3.63, 3.8) is 0 Å². The van der Waals surface area contributed by atoms with Gasteiger partial charge in [-0.2, -0.15) is 0 Å². The van der Waals surface area contributed by atoms with E-state index in [1.54, 1.807) is 6.08 Å². The van der Waals surface area contributed by atoms with Crippen LogP contribution in [0.1, 0.15) is 36.8 Å². The monoisotopic (exact) mass is 796 g/mol. The van der Waals surface area contributed by atoms with Gasteiger partial charge in [0.25, 0.3) is 0 Å². The van der Waals surface area contributed by atoms with Gasteiger partial charge in [-0.1, -0.05) is 239 Å². The summed E-state index contributed by atoms with van der Waals surface area (Å²) in [5, 5.41) is 2.29. The Morgan fingerprint density at radius 1 is 0.419 bits per heavy atom. The van der Waals surface area contributed by atoms with Crippen LogP contribution in [0.4, 0.5) is 0 Å². The van der Waals surface area contributed by atoms with Gasteiger partial charge in [0.05, 0.1) is 0 Å². The summed E-state index contributed by atoms with van der Waals surface area (Å²) >= 11 is 0. The van der Waals surface area contributed by atoms with Gasteiger partial charge in [-0.3, -0.25) is 0 Å². The molecule has 0 aliphatic heterocycles. The van der Waals surface area contributed by atoms with Gasteiger partial charge < -0.3 is 0 Å². The summed E-state index contributed by atoms with van der Waals surface area (Å²) in [6.07, 6.45) is 25.3. The smallest absolute Gasteiger partial charge is 0.00933 e. The van der Waals surface area contributed by atoms with E-state index in [-0.39, 0.29) is 0 Å². The van der Waals surface area contributed by atoms with Crippen molar-refractivity contribution in [1.82, 2.24) is 0 Å². The van der Waals surface area contributed by atoms with Crippen LogP contribution < -0.4 is 0 Å². The Balaban J connectivity index is 1.32. The van der Waals surface area contributed by atoms with Crippen molar-refractivity contribution in [3.8, 4) is 44.5 Å². The fraction of sp³-hybridized carbons (Fsp3) is 0.0645. The molecule has 2 aliphatic carbocycles. The molecule has 2 aliphatic rings. The summed E-state index contributed by atoms with van der Waals surface area (Å²) < 4.78 is 0. The normalized spacial score (nSPS) is 13.6. The van der Waals surface area contributed by atoms with E-state index in [4.69, 9.17) is 6.58 Å². The van der Waals surface area contributed by atoms with Gasteiger partial charge in [0, 0.05) is 0 Å². The Morgan fingerprint density at radius 2 is 0.919 bits per heavy atom. The fourth-order valence-electron chi connectivity index (χ4n) is 8.25. The Hall–Kier alpha value is -7.54. The zero-order valence-corrected chi connectivity index (χ0v) is 35.4. The van der Waals surface area contributed by atoms with E-state index in [1.165, 1.54) is 49.9 Å². The molecule has 0 heteroatoms. The molecular weight excluding hydrogens is 745 g/mol. The Bertz CT molecular complexity index is 2900. The molecule has 0 unspecified atom stereocenters. The molecule has 0 amide bonds. The van der Waals surface area contributed by atoms with Gasteiger partial charge in [-0.15, -0.1) is 0 Å². The number of fused-ring (bicyclic) bond motifs is 1. The highest BCUT2D eigenvalue weighted by atomic mass is 14.2. The highest BCUT2D eigenvalue weighted by Gasteiger charge is 2.16. The Morgan fingerprint density at radius 3 is 1.50 bits per heavy atom. The van der Waals surface area contributed by atoms with Crippen LogP contribution in [0, 0.1) is 0 Å². The van der Waals surface area contributed by atoms with Gasteiger partial charge >= 0.3 is 0 Å². The van der Waals surface area contributed by atoms with Gasteiger partial charge in [0.1, 0.15) is 0 Å². The molecule has 0 atom stereocenters. The first-order chi connectivity index (χ1) is 30.4. The fourth-order valence-corrected chi connectivity index (χ4v) is 8.25. The molecule has 0 spiro atoms. The van der Waals surface area contributed by atoms with E-state index in [0.29, 0.717) is 0 Å². The van der Waals surface area contributed by atoms with E-state index in [2.05, 4.69) is 214 Å². The average molecular weight is 797 g/mol. The van der Waals surface area contributed by atoms with Crippen LogP contribution in [0.15, 0.2) is 267 Å². The molecule has 0 heterocycles. The maximum absolute atomic E-state index is 4.70. The summed E-state index contributed by atoms with van der Waals surface area (Å²) in [6, 6.07) is 57.1. The standard InChI is InChI=1S/C62H52/c1-5-6-17-45(2)46(3)26-27-47(4)59-25-16-24-51(55-30-28-52(29-31-55)48-18-10-7-11-19-48)40-42-60(57-38-36-54(37-39-57)50-22-14-9-15-23-50)61-43-41-58(44-62(59)61)56-34-32-53(33-35-56)49-20-12-8-13-21-49/h5-14,16-22,24-36,38,40-44H,1-4,15,23,37,39H2/b17-6-,24-16?,25-16?,27-26-,42-40?,51-24?,51-40?,59-25?,60-42?,61-60?,62-59?. The molecule has 0 fully saturated rings. The highest BCUT2D eigenvalue weighted by molar-refractivity contribution is 6.02. The minimum atomic E-state index is 0.816. The molecule has 0 aromatic heterocycles. The second-order valence-corrected chi connectivity index (χ2v) is 15.8. The maximum atomic E-state index is 4.70. The molecule has 8 rings (SSSR count). The molecule has 0 saturated carbocycles. The van der Waals surface area contributed by atoms with Crippen molar-refractivity contribution < 1.29 is 0 Å². The van der Waals surface area contributed by atoms with Gasteiger partial charge in [0.2, 0.25) is 0 Å². The minimum absolute atomic E-state index is 0.816. The van der Waals surface area contributed by atoms with Crippen molar-refractivity contribution in [1.29, 1.82) is 0 Å². The largest absolute Gasteiger partial charge is 0.0991 e. The minimum Gasteiger partial charge on any atom is -0.0991 e. The molecule has 0 radical (unpaired) electrons. The molecule has 6 aromatic carbocycles. The molecular formula is C62H52. The molecule has 0 bridgehead atoms. The van der Waals surface area contributed by atoms with E-state index >= 15 is 0 Å². The van der Waals surface area contributed by atoms with Crippen molar-refractivity contribution in [3.05, 3.63) is 278 Å². The third kappa shape index (κ3) is 9.73. The summed E-state index contributed by atoms with van der Waals surface area (Å²) in [5.41, 5.74) is 18.4. The van der Waals surface area contributed by atoms with Crippen molar-refractivity contribution in [2.24, 2.45) is 0 Å². The number of hydrogen-bond acceptors (Lipinski definition) is 0. The van der Waals surface area contributed by atoms with Crippen LogP contribution in [-0.4, -0.2) is 0 Å². The first-order valence-electron chi connectivity index (χ1n) is 21.5. The van der Waals surface area contributed by atoms with Gasteiger partial charge in [-0.25, -0.2) is 0 Å². The van der Waals surface area contributed by atoms with Crippen LogP contribution in [0.2, 0.25) is 0 Å². The quantitative estimate of drug-likeness (QED) is 0.108. The number of allylic oxidation sites excluding steroid dienone is 16. The summed E-state index contributed by atoms with van der Waals surface area (Å²) in [7, 11) is 0. The highest BCUT2D eigenvalue weighted by Crippen LogP contribution is 2.38. The average Bonchev–Trinajstić information content (AvgIpc) is 3.34. The molecule has 6 aromatic rings. The van der Waals surface area contributed by atoms with Crippen molar-refractivity contribution in [2.75, 3.05) is 0 Å². The Kier molecular flexibility index (Phi) is 13.1. The Labute approximate surface area is 368 Å². The first-order valence-corrected chi connectivity index (χ1v) is 21.5. The molecule has 300 valence electrons. The van der Waals surface area contributed by atoms with E-state index in [1.807, 2.05) is 18.2 Å². The zero-order chi connectivity index (χ0) is 42.7. The van der Waals surface area contributed by atoms with E-state index in [9.17, 15) is 0 Å². The van der Waals surface area contributed by atoms with Crippen LogP contribution in [0.25, 0.3) is 66.4 Å². The third-order valence-electron chi connectivity index (χ3n) is 11.8. The predicted molar refractivity (Wildman–Crippen MR) is 271 cm³/mol. The van der Waals surface area contributed by atoms with Crippen molar-refractivity contribution in [2.45, 2.75) is 25.7 Å². The van der Waals surface area contributed by atoms with Crippen molar-refractivity contribution >= 4 is 21.9 Å². The summed E-state index contributed by atoms with van der Waals surface area (Å²) in [5.74, 6) is 0. The third-order valence-corrected chi connectivity index (χ3v) is 11.8. The lowest BCUT2D eigenvalue weighted by Gasteiger charge is -2.20. The summed E-state index contributed by atoms with van der Waals surface area (Å²) in [6.45, 7) is 17.0. The van der Waals surface area contributed by atoms with Gasteiger partial charge in [-0.05, 0) is 132 Å². The van der Waals surface area contributed by atoms with E-state index < -0.39 is 0 Å². The van der Waals surface area contributed by atoms with Gasteiger partial charge in [0.15, 0.2) is 0 Å².